The number of nitriles is 1. The SMILES string of the molecule is COC(=O)N1CCN(c2ccnc3[nH]c(-c4cn(C)c(C)n4)c(C#N)c23)CC1. The van der Waals surface area contributed by atoms with Gasteiger partial charge in [-0.05, 0) is 13.0 Å². The number of methoxy groups -OCH3 is 1. The first-order valence-electron chi connectivity index (χ1n) is 9.02. The molecule has 1 amide bonds. The van der Waals surface area contributed by atoms with Gasteiger partial charge in [0.05, 0.1) is 29.4 Å². The van der Waals surface area contributed by atoms with E-state index in [1.807, 2.05) is 30.8 Å². The van der Waals surface area contributed by atoms with Crippen molar-refractivity contribution in [2.45, 2.75) is 6.92 Å². The lowest BCUT2D eigenvalue weighted by molar-refractivity contribution is 0.121. The maximum absolute atomic E-state index is 11.7. The summed E-state index contributed by atoms with van der Waals surface area (Å²) in [5.74, 6) is 0.865. The van der Waals surface area contributed by atoms with Crippen LogP contribution in [0.5, 0.6) is 0 Å². The molecule has 0 radical (unpaired) electrons. The zero-order valence-electron chi connectivity index (χ0n) is 16.1. The number of aryl methyl sites for hydroxylation is 2. The monoisotopic (exact) mass is 379 g/mol. The van der Waals surface area contributed by atoms with Crippen LogP contribution in [0, 0.1) is 18.3 Å². The van der Waals surface area contributed by atoms with E-state index in [4.69, 9.17) is 4.74 Å². The fourth-order valence-corrected chi connectivity index (χ4v) is 3.60. The molecule has 1 N–H and O–H groups in total. The summed E-state index contributed by atoms with van der Waals surface area (Å²) in [6.07, 6.45) is 3.32. The Labute approximate surface area is 162 Å². The van der Waals surface area contributed by atoms with Crippen molar-refractivity contribution in [3.8, 4) is 17.5 Å². The number of amides is 1. The van der Waals surface area contributed by atoms with Crippen molar-refractivity contribution >= 4 is 22.8 Å². The van der Waals surface area contributed by atoms with Crippen molar-refractivity contribution in [2.75, 3.05) is 38.2 Å². The summed E-state index contributed by atoms with van der Waals surface area (Å²) in [6, 6.07) is 4.24. The molecule has 28 heavy (non-hydrogen) atoms. The molecule has 3 aromatic rings. The number of anilines is 1. The molecule has 0 aliphatic carbocycles. The van der Waals surface area contributed by atoms with Crippen LogP contribution in [0.25, 0.3) is 22.4 Å². The largest absolute Gasteiger partial charge is 0.453 e. The van der Waals surface area contributed by atoms with Gasteiger partial charge in [-0.1, -0.05) is 0 Å². The number of pyridine rings is 1. The number of aromatic amines is 1. The van der Waals surface area contributed by atoms with Crippen molar-refractivity contribution in [2.24, 2.45) is 7.05 Å². The molecule has 3 aromatic heterocycles. The van der Waals surface area contributed by atoms with Crippen LogP contribution < -0.4 is 4.90 Å². The van der Waals surface area contributed by atoms with Crippen LogP contribution in [0.3, 0.4) is 0 Å². The van der Waals surface area contributed by atoms with E-state index in [0.717, 1.165) is 22.6 Å². The van der Waals surface area contributed by atoms with Crippen LogP contribution >= 0.6 is 0 Å². The molecule has 0 bridgehead atoms. The fraction of sp³-hybridized carbons (Fsp3) is 0.368. The van der Waals surface area contributed by atoms with Crippen molar-refractivity contribution in [1.82, 2.24) is 24.4 Å². The first-order chi connectivity index (χ1) is 13.5. The predicted molar refractivity (Wildman–Crippen MR) is 104 cm³/mol. The number of piperazine rings is 1. The normalized spacial score (nSPS) is 14.4. The third-order valence-corrected chi connectivity index (χ3v) is 5.20. The van der Waals surface area contributed by atoms with E-state index in [-0.39, 0.29) is 6.09 Å². The molecule has 0 aromatic carbocycles. The van der Waals surface area contributed by atoms with Gasteiger partial charge in [0.25, 0.3) is 0 Å². The number of aromatic nitrogens is 4. The lowest BCUT2D eigenvalue weighted by Crippen LogP contribution is -2.48. The molecule has 9 heteroatoms. The number of nitrogens with one attached hydrogen (secondary N) is 1. The average Bonchev–Trinajstić information content (AvgIpc) is 3.26. The summed E-state index contributed by atoms with van der Waals surface area (Å²) in [5.41, 5.74) is 3.51. The number of hydrogen-bond donors (Lipinski definition) is 1. The van der Waals surface area contributed by atoms with Gasteiger partial charge in [-0.3, -0.25) is 0 Å². The van der Waals surface area contributed by atoms with Crippen LogP contribution in [-0.2, 0) is 11.8 Å². The highest BCUT2D eigenvalue weighted by molar-refractivity contribution is 5.99. The molecule has 1 aliphatic rings. The second-order valence-corrected chi connectivity index (χ2v) is 6.77. The van der Waals surface area contributed by atoms with E-state index >= 15 is 0 Å². The van der Waals surface area contributed by atoms with Crippen LogP contribution in [0.15, 0.2) is 18.5 Å². The van der Waals surface area contributed by atoms with Gasteiger partial charge in [-0.2, -0.15) is 5.26 Å². The van der Waals surface area contributed by atoms with Crippen LogP contribution in [-0.4, -0.2) is 63.8 Å². The van der Waals surface area contributed by atoms with Gasteiger partial charge in [0.15, 0.2) is 0 Å². The van der Waals surface area contributed by atoms with Crippen molar-refractivity contribution in [1.29, 1.82) is 5.26 Å². The first kappa shape index (κ1) is 17.9. The summed E-state index contributed by atoms with van der Waals surface area (Å²) in [5, 5.41) is 10.7. The Hall–Kier alpha value is -3.54. The van der Waals surface area contributed by atoms with E-state index in [9.17, 15) is 10.1 Å². The predicted octanol–water partition coefficient (Wildman–Crippen LogP) is 2.03. The number of imidazole rings is 1. The standard InChI is InChI=1S/C19H21N7O2/c1-12-22-14(11-24(12)2)17-13(10-20)16-15(4-5-21-18(16)23-17)25-6-8-26(9-7-25)19(27)28-3/h4-5,11H,6-9H2,1-3H3,(H,21,23). The summed E-state index contributed by atoms with van der Waals surface area (Å²) in [6.45, 7) is 4.36. The molecule has 1 fully saturated rings. The summed E-state index contributed by atoms with van der Waals surface area (Å²) >= 11 is 0. The van der Waals surface area contributed by atoms with Gasteiger partial charge in [-0.25, -0.2) is 14.8 Å². The fourth-order valence-electron chi connectivity index (χ4n) is 3.60. The molecular formula is C19H21N7O2. The lowest BCUT2D eigenvalue weighted by Gasteiger charge is -2.35. The van der Waals surface area contributed by atoms with Gasteiger partial charge < -0.3 is 24.1 Å². The number of ether oxygens (including phenoxy) is 1. The van der Waals surface area contributed by atoms with E-state index in [1.165, 1.54) is 7.11 Å². The van der Waals surface area contributed by atoms with Gasteiger partial charge in [0.1, 0.15) is 23.2 Å². The van der Waals surface area contributed by atoms with Gasteiger partial charge in [0, 0.05) is 45.6 Å². The smallest absolute Gasteiger partial charge is 0.409 e. The average molecular weight is 379 g/mol. The molecule has 4 heterocycles. The molecule has 0 spiro atoms. The molecule has 144 valence electrons. The number of H-pyrrole nitrogens is 1. The van der Waals surface area contributed by atoms with Gasteiger partial charge in [0.2, 0.25) is 0 Å². The van der Waals surface area contributed by atoms with Gasteiger partial charge in [-0.15, -0.1) is 0 Å². The molecule has 0 saturated carbocycles. The Balaban J connectivity index is 1.75. The number of fused-ring (bicyclic) bond motifs is 1. The van der Waals surface area contributed by atoms with Crippen LogP contribution in [0.4, 0.5) is 10.5 Å². The van der Waals surface area contributed by atoms with Crippen LogP contribution in [0.1, 0.15) is 11.4 Å². The molecule has 1 saturated heterocycles. The number of carbonyl (C=O) groups excluding carboxylic acids is 1. The second-order valence-electron chi connectivity index (χ2n) is 6.77. The number of nitrogens with zero attached hydrogens (tertiary/aromatic N) is 6. The Kier molecular flexibility index (Phi) is 4.39. The highest BCUT2D eigenvalue weighted by atomic mass is 16.5. The zero-order valence-corrected chi connectivity index (χ0v) is 16.1. The highest BCUT2D eigenvalue weighted by Gasteiger charge is 2.25. The first-order valence-corrected chi connectivity index (χ1v) is 9.02. The summed E-state index contributed by atoms with van der Waals surface area (Å²) in [4.78, 5) is 27.8. The van der Waals surface area contributed by atoms with Gasteiger partial charge >= 0.3 is 6.09 Å². The zero-order chi connectivity index (χ0) is 19.8. The maximum Gasteiger partial charge on any atom is 0.409 e. The molecular weight excluding hydrogens is 358 g/mol. The van der Waals surface area contributed by atoms with E-state index in [0.29, 0.717) is 43.1 Å². The van der Waals surface area contributed by atoms with Crippen molar-refractivity contribution in [3.05, 3.63) is 29.8 Å². The lowest BCUT2D eigenvalue weighted by atomic mass is 10.1. The number of hydrogen-bond acceptors (Lipinski definition) is 6. The topological polar surface area (TPSA) is 103 Å². The van der Waals surface area contributed by atoms with Crippen LogP contribution in [0.2, 0.25) is 0 Å². The molecule has 0 atom stereocenters. The van der Waals surface area contributed by atoms with Crippen molar-refractivity contribution in [3.63, 3.8) is 0 Å². The third kappa shape index (κ3) is 2.83. The highest BCUT2D eigenvalue weighted by Crippen LogP contribution is 2.35. The molecule has 1 aliphatic heterocycles. The Morgan fingerprint density at radius 3 is 2.68 bits per heavy atom. The van der Waals surface area contributed by atoms with E-state index in [1.54, 1.807) is 11.1 Å². The minimum absolute atomic E-state index is 0.313. The maximum atomic E-state index is 11.7. The van der Waals surface area contributed by atoms with E-state index in [2.05, 4.69) is 25.9 Å². The Bertz CT molecular complexity index is 1060. The Morgan fingerprint density at radius 2 is 2.07 bits per heavy atom. The minimum atomic E-state index is -0.313. The third-order valence-electron chi connectivity index (χ3n) is 5.20. The molecule has 0 unspecified atom stereocenters. The van der Waals surface area contributed by atoms with Crippen molar-refractivity contribution < 1.29 is 9.53 Å². The minimum Gasteiger partial charge on any atom is -0.453 e. The molecule has 4 rings (SSSR count). The quantitative estimate of drug-likeness (QED) is 0.731. The number of rotatable bonds is 2. The Morgan fingerprint density at radius 1 is 1.32 bits per heavy atom. The summed E-state index contributed by atoms with van der Waals surface area (Å²) in [7, 11) is 3.31. The summed E-state index contributed by atoms with van der Waals surface area (Å²) < 4.78 is 6.72. The second kappa shape index (κ2) is 6.88. The van der Waals surface area contributed by atoms with E-state index < -0.39 is 0 Å². The number of carbonyl (C=O) groups is 1. The molecule has 9 nitrogen and oxygen atoms in total.